The summed E-state index contributed by atoms with van der Waals surface area (Å²) >= 11 is 0. The lowest BCUT2D eigenvalue weighted by Crippen LogP contribution is -2.26. The van der Waals surface area contributed by atoms with Crippen molar-refractivity contribution in [3.05, 3.63) is 23.8 Å². The van der Waals surface area contributed by atoms with Crippen molar-refractivity contribution in [2.24, 2.45) is 11.8 Å². The highest BCUT2D eigenvalue weighted by Crippen LogP contribution is 2.33. The first-order valence-electron chi connectivity index (χ1n) is 7.74. The Morgan fingerprint density at radius 2 is 1.91 bits per heavy atom. The number of unbranched alkanes of at least 4 members (excludes halogenated alkanes) is 1. The molecule has 1 aromatic heterocycles. The van der Waals surface area contributed by atoms with E-state index in [4.69, 9.17) is 4.74 Å². The maximum Gasteiger partial charge on any atom is 0.314 e. The fourth-order valence-corrected chi connectivity index (χ4v) is 2.87. The Hall–Kier alpha value is -1.59. The van der Waals surface area contributed by atoms with Crippen molar-refractivity contribution in [2.75, 3.05) is 0 Å². The third kappa shape index (κ3) is 4.21. The lowest BCUT2D eigenvalue weighted by Gasteiger charge is -2.27. The highest BCUT2D eigenvalue weighted by Gasteiger charge is 2.28. The van der Waals surface area contributed by atoms with Gasteiger partial charge in [0.2, 0.25) is 0 Å². The zero-order valence-electron chi connectivity index (χ0n) is 12.6. The molecule has 122 valence electrons. The standard InChI is InChI=1S/C16H20F3NO2/c1-2-3-4-10-5-7-11(8-6-10)16(21)22-13-9-12(17)14(18)20-15(13)19/h9-11H,2-8H2,1H3. The van der Waals surface area contributed by atoms with Gasteiger partial charge in [0.05, 0.1) is 5.92 Å². The van der Waals surface area contributed by atoms with Gasteiger partial charge in [-0.1, -0.05) is 26.2 Å². The SMILES string of the molecule is CCCCC1CCC(C(=O)Oc2cc(F)c(F)nc2F)CC1. The molecule has 0 unspecified atom stereocenters. The fourth-order valence-electron chi connectivity index (χ4n) is 2.87. The van der Waals surface area contributed by atoms with E-state index in [-0.39, 0.29) is 5.92 Å². The summed E-state index contributed by atoms with van der Waals surface area (Å²) in [5.74, 6) is -5.14. The lowest BCUT2D eigenvalue weighted by atomic mass is 9.80. The van der Waals surface area contributed by atoms with E-state index in [0.717, 1.165) is 19.3 Å². The molecule has 1 fully saturated rings. The molecule has 1 aliphatic carbocycles. The zero-order valence-corrected chi connectivity index (χ0v) is 12.6. The van der Waals surface area contributed by atoms with Gasteiger partial charge in [-0.3, -0.25) is 4.79 Å². The molecule has 1 aliphatic rings. The van der Waals surface area contributed by atoms with Gasteiger partial charge in [-0.05, 0) is 31.6 Å². The quantitative estimate of drug-likeness (QED) is 0.597. The van der Waals surface area contributed by atoms with Gasteiger partial charge < -0.3 is 4.74 Å². The molecule has 22 heavy (non-hydrogen) atoms. The smallest absolute Gasteiger partial charge is 0.314 e. The predicted octanol–water partition coefficient (Wildman–Crippen LogP) is 4.40. The van der Waals surface area contributed by atoms with E-state index in [1.807, 2.05) is 0 Å². The summed E-state index contributed by atoms with van der Waals surface area (Å²) in [7, 11) is 0. The first-order chi connectivity index (χ1) is 10.5. The lowest BCUT2D eigenvalue weighted by molar-refractivity contribution is -0.140. The molecule has 2 rings (SSSR count). The Morgan fingerprint density at radius 3 is 2.55 bits per heavy atom. The van der Waals surface area contributed by atoms with Crippen LogP contribution < -0.4 is 4.74 Å². The maximum absolute atomic E-state index is 13.4. The Labute approximate surface area is 127 Å². The maximum atomic E-state index is 13.4. The van der Waals surface area contributed by atoms with Crippen LogP contribution in [0.4, 0.5) is 13.2 Å². The summed E-state index contributed by atoms with van der Waals surface area (Å²) < 4.78 is 44.0. The Balaban J connectivity index is 1.90. The van der Waals surface area contributed by atoms with Crippen LogP contribution in [0.2, 0.25) is 0 Å². The van der Waals surface area contributed by atoms with Gasteiger partial charge in [0.1, 0.15) is 0 Å². The molecule has 0 bridgehead atoms. The number of hydrogen-bond donors (Lipinski definition) is 0. The summed E-state index contributed by atoms with van der Waals surface area (Å²) in [5.41, 5.74) is 0. The molecule has 0 saturated heterocycles. The van der Waals surface area contributed by atoms with Gasteiger partial charge >= 0.3 is 5.97 Å². The Morgan fingerprint density at radius 1 is 1.23 bits per heavy atom. The van der Waals surface area contributed by atoms with Gasteiger partial charge in [-0.15, -0.1) is 0 Å². The minimum atomic E-state index is -1.55. The van der Waals surface area contributed by atoms with E-state index in [0.29, 0.717) is 24.8 Å². The summed E-state index contributed by atoms with van der Waals surface area (Å²) in [6.07, 6.45) is 6.77. The van der Waals surface area contributed by atoms with Crippen LogP contribution in [0.1, 0.15) is 51.9 Å². The highest BCUT2D eigenvalue weighted by molar-refractivity contribution is 5.75. The number of nitrogens with zero attached hydrogens (tertiary/aromatic N) is 1. The molecule has 0 radical (unpaired) electrons. The zero-order chi connectivity index (χ0) is 16.1. The molecular formula is C16H20F3NO2. The van der Waals surface area contributed by atoms with Crippen molar-refractivity contribution < 1.29 is 22.7 Å². The number of halogens is 3. The fraction of sp³-hybridized carbons (Fsp3) is 0.625. The second kappa shape index (κ2) is 7.61. The van der Waals surface area contributed by atoms with Crippen LogP contribution in [0.5, 0.6) is 5.75 Å². The topological polar surface area (TPSA) is 39.2 Å². The van der Waals surface area contributed by atoms with Gasteiger partial charge in [0.15, 0.2) is 11.6 Å². The molecule has 0 N–H and O–H groups in total. The van der Waals surface area contributed by atoms with Crippen molar-refractivity contribution in [1.29, 1.82) is 0 Å². The molecule has 3 nitrogen and oxygen atoms in total. The van der Waals surface area contributed by atoms with Gasteiger partial charge in [0.25, 0.3) is 11.9 Å². The van der Waals surface area contributed by atoms with Gasteiger partial charge in [-0.2, -0.15) is 13.8 Å². The molecule has 0 amide bonds. The van der Waals surface area contributed by atoms with Crippen molar-refractivity contribution in [2.45, 2.75) is 51.9 Å². The Kier molecular flexibility index (Phi) is 5.80. The first kappa shape index (κ1) is 16.8. The molecule has 1 heterocycles. The van der Waals surface area contributed by atoms with E-state index < -0.39 is 29.4 Å². The van der Waals surface area contributed by atoms with Crippen LogP contribution in [0.15, 0.2) is 6.07 Å². The summed E-state index contributed by atoms with van der Waals surface area (Å²) in [6, 6.07) is 0.516. The average molecular weight is 315 g/mol. The molecule has 6 heteroatoms. The van der Waals surface area contributed by atoms with Crippen molar-refractivity contribution in [1.82, 2.24) is 4.98 Å². The second-order valence-electron chi connectivity index (χ2n) is 5.83. The third-order valence-corrected chi connectivity index (χ3v) is 4.21. The van der Waals surface area contributed by atoms with Crippen LogP contribution in [-0.4, -0.2) is 11.0 Å². The first-order valence-corrected chi connectivity index (χ1v) is 7.74. The van der Waals surface area contributed by atoms with E-state index in [2.05, 4.69) is 11.9 Å². The summed E-state index contributed by atoms with van der Waals surface area (Å²) in [6.45, 7) is 2.15. The molecule has 1 saturated carbocycles. The molecular weight excluding hydrogens is 295 g/mol. The van der Waals surface area contributed by atoms with Crippen LogP contribution in [-0.2, 0) is 4.79 Å². The Bertz CT molecular complexity index is 528. The van der Waals surface area contributed by atoms with Crippen LogP contribution in [0.3, 0.4) is 0 Å². The number of pyridine rings is 1. The largest absolute Gasteiger partial charge is 0.421 e. The predicted molar refractivity (Wildman–Crippen MR) is 74.7 cm³/mol. The van der Waals surface area contributed by atoms with Gasteiger partial charge in [0, 0.05) is 6.07 Å². The minimum Gasteiger partial charge on any atom is -0.421 e. The molecule has 0 aromatic carbocycles. The molecule has 0 atom stereocenters. The second-order valence-corrected chi connectivity index (χ2v) is 5.83. The molecule has 0 aliphatic heterocycles. The van der Waals surface area contributed by atoms with Gasteiger partial charge in [-0.25, -0.2) is 4.39 Å². The highest BCUT2D eigenvalue weighted by atomic mass is 19.2. The van der Waals surface area contributed by atoms with E-state index in [1.54, 1.807) is 0 Å². The number of rotatable bonds is 5. The third-order valence-electron chi connectivity index (χ3n) is 4.21. The van der Waals surface area contributed by atoms with E-state index in [1.165, 1.54) is 12.8 Å². The number of carbonyl (C=O) groups excluding carboxylic acids is 1. The summed E-state index contributed by atoms with van der Waals surface area (Å²) in [5, 5.41) is 0. The number of aromatic nitrogens is 1. The number of esters is 1. The minimum absolute atomic E-state index is 0.314. The monoisotopic (exact) mass is 315 g/mol. The number of carbonyl (C=O) groups is 1. The molecule has 0 spiro atoms. The van der Waals surface area contributed by atoms with E-state index >= 15 is 0 Å². The van der Waals surface area contributed by atoms with Crippen LogP contribution in [0.25, 0.3) is 0 Å². The van der Waals surface area contributed by atoms with Crippen molar-refractivity contribution in [3.63, 3.8) is 0 Å². The van der Waals surface area contributed by atoms with Crippen molar-refractivity contribution >= 4 is 5.97 Å². The molecule has 1 aromatic rings. The summed E-state index contributed by atoms with van der Waals surface area (Å²) in [4.78, 5) is 14.7. The average Bonchev–Trinajstić information content (AvgIpc) is 2.51. The number of hydrogen-bond acceptors (Lipinski definition) is 3. The normalized spacial score (nSPS) is 21.6. The van der Waals surface area contributed by atoms with E-state index in [9.17, 15) is 18.0 Å². The van der Waals surface area contributed by atoms with Crippen molar-refractivity contribution in [3.8, 4) is 5.75 Å². The van der Waals surface area contributed by atoms with Crippen LogP contribution >= 0.6 is 0 Å². The number of ether oxygens (including phenoxy) is 1. The van der Waals surface area contributed by atoms with Crippen LogP contribution in [0, 0.1) is 29.5 Å².